The largest absolute Gasteiger partial charge is 0.481 e. The predicted octanol–water partition coefficient (Wildman–Crippen LogP) is 3.45. The highest BCUT2D eigenvalue weighted by Crippen LogP contribution is 2.14. The third-order valence-corrected chi connectivity index (χ3v) is 5.22. The van der Waals surface area contributed by atoms with Crippen LogP contribution in [-0.2, 0) is 28.6 Å². The first kappa shape index (κ1) is 23.1. The second-order valence-electron chi connectivity index (χ2n) is 6.32. The van der Waals surface area contributed by atoms with E-state index in [1.807, 2.05) is 6.92 Å². The van der Waals surface area contributed by atoms with E-state index >= 15 is 0 Å². The Morgan fingerprint density at radius 3 is 2.04 bits per heavy atom. The maximum atomic E-state index is 12.0. The molecule has 0 atom stereocenters. The summed E-state index contributed by atoms with van der Waals surface area (Å²) < 4.78 is 34.0. The maximum absolute atomic E-state index is 12.0. The van der Waals surface area contributed by atoms with Gasteiger partial charge in [0.05, 0.1) is 31.0 Å². The average Bonchev–Trinajstić information content (AvgIpc) is 2.61. The summed E-state index contributed by atoms with van der Waals surface area (Å²) in [5, 5.41) is 8.46. The van der Waals surface area contributed by atoms with Gasteiger partial charge in [0.1, 0.15) is 0 Å². The third-order valence-electron chi connectivity index (χ3n) is 3.89. The molecule has 0 unspecified atom stereocenters. The van der Waals surface area contributed by atoms with Gasteiger partial charge in [0, 0.05) is 0 Å². The zero-order valence-electron chi connectivity index (χ0n) is 15.7. The Morgan fingerprint density at radius 1 is 0.889 bits per heavy atom. The predicted molar refractivity (Wildman–Crippen MR) is 99.8 cm³/mol. The van der Waals surface area contributed by atoms with Gasteiger partial charge in [-0.25, -0.2) is 0 Å². The van der Waals surface area contributed by atoms with E-state index in [0.29, 0.717) is 13.0 Å². The molecule has 0 bridgehead atoms. The lowest BCUT2D eigenvalue weighted by atomic mass is 10.1. The highest BCUT2D eigenvalue weighted by atomic mass is 32.2. The Kier molecular flexibility index (Phi) is 10.7. The van der Waals surface area contributed by atoms with Gasteiger partial charge in [-0.3, -0.25) is 13.8 Å². The van der Waals surface area contributed by atoms with Crippen LogP contribution in [0.25, 0.3) is 0 Å². The zero-order valence-corrected chi connectivity index (χ0v) is 16.5. The van der Waals surface area contributed by atoms with Crippen LogP contribution in [-0.4, -0.2) is 38.7 Å². The number of carbonyl (C=O) groups excluding carboxylic acids is 1. The van der Waals surface area contributed by atoms with Crippen LogP contribution in [0.2, 0.25) is 0 Å². The van der Waals surface area contributed by atoms with Gasteiger partial charge >= 0.3 is 11.9 Å². The number of esters is 1. The van der Waals surface area contributed by atoms with E-state index in [4.69, 9.17) is 14.0 Å². The van der Waals surface area contributed by atoms with Gasteiger partial charge in [-0.05, 0) is 31.9 Å². The van der Waals surface area contributed by atoms with Crippen LogP contribution in [0.5, 0.6) is 0 Å². The molecule has 0 saturated carbocycles. The summed E-state index contributed by atoms with van der Waals surface area (Å²) in [6, 6.07) is 6.55. The SMILES string of the molecule is Cc1ccc(S(=O)(=O)OCCCCCCCCOC(=O)CCC(=O)O)cc1. The molecule has 0 aliphatic heterocycles. The van der Waals surface area contributed by atoms with E-state index in [1.165, 1.54) is 0 Å². The Bertz CT molecular complexity index is 681. The van der Waals surface area contributed by atoms with Crippen LogP contribution < -0.4 is 0 Å². The number of carbonyl (C=O) groups is 2. The third kappa shape index (κ3) is 10.7. The van der Waals surface area contributed by atoms with Crippen LogP contribution in [0.15, 0.2) is 29.2 Å². The highest BCUT2D eigenvalue weighted by molar-refractivity contribution is 7.86. The fourth-order valence-corrected chi connectivity index (χ4v) is 3.26. The van der Waals surface area contributed by atoms with E-state index in [0.717, 1.165) is 37.7 Å². The summed E-state index contributed by atoms with van der Waals surface area (Å²) in [5.74, 6) is -1.49. The van der Waals surface area contributed by atoms with Crippen molar-refractivity contribution in [2.75, 3.05) is 13.2 Å². The number of carboxylic acid groups (broad SMARTS) is 1. The van der Waals surface area contributed by atoms with Crippen LogP contribution in [0, 0.1) is 6.92 Å². The summed E-state index contributed by atoms with van der Waals surface area (Å²) in [7, 11) is -3.69. The van der Waals surface area contributed by atoms with Gasteiger partial charge in [0.15, 0.2) is 0 Å². The van der Waals surface area contributed by atoms with Crippen molar-refractivity contribution >= 4 is 22.1 Å². The normalized spacial score (nSPS) is 11.3. The number of unbranched alkanes of at least 4 members (excludes halogenated alkanes) is 5. The molecule has 0 saturated heterocycles. The van der Waals surface area contributed by atoms with Gasteiger partial charge in [-0.15, -0.1) is 0 Å². The number of benzene rings is 1. The molecule has 0 heterocycles. The molecule has 1 N–H and O–H groups in total. The number of aliphatic carboxylic acids is 1. The summed E-state index contributed by atoms with van der Waals surface area (Å²) in [4.78, 5) is 21.7. The van der Waals surface area contributed by atoms with Crippen molar-refractivity contribution in [1.29, 1.82) is 0 Å². The number of ether oxygens (including phenoxy) is 1. The fraction of sp³-hybridized carbons (Fsp3) is 0.579. The molecule has 7 nitrogen and oxygen atoms in total. The number of carboxylic acids is 1. The van der Waals surface area contributed by atoms with Crippen molar-refractivity contribution in [3.8, 4) is 0 Å². The summed E-state index contributed by atoms with van der Waals surface area (Å²) >= 11 is 0. The van der Waals surface area contributed by atoms with E-state index in [2.05, 4.69) is 0 Å². The number of hydrogen-bond acceptors (Lipinski definition) is 6. The molecule has 0 aliphatic carbocycles. The monoisotopic (exact) mass is 400 g/mol. The van der Waals surface area contributed by atoms with Crippen molar-refractivity contribution in [3.05, 3.63) is 29.8 Å². The van der Waals surface area contributed by atoms with Crippen molar-refractivity contribution in [2.24, 2.45) is 0 Å². The molecule has 0 fully saturated rings. The Labute approximate surface area is 160 Å². The maximum Gasteiger partial charge on any atom is 0.306 e. The van der Waals surface area contributed by atoms with Gasteiger partial charge in [-0.1, -0.05) is 43.4 Å². The van der Waals surface area contributed by atoms with Crippen molar-refractivity contribution in [1.82, 2.24) is 0 Å². The summed E-state index contributed by atoms with van der Waals surface area (Å²) in [6.07, 6.45) is 4.75. The number of hydrogen-bond donors (Lipinski definition) is 1. The molecule has 1 aromatic rings. The first-order valence-electron chi connectivity index (χ1n) is 9.15. The van der Waals surface area contributed by atoms with Gasteiger partial charge in [0.2, 0.25) is 0 Å². The quantitative estimate of drug-likeness (QED) is 0.289. The van der Waals surface area contributed by atoms with Gasteiger partial charge in [-0.2, -0.15) is 8.42 Å². The smallest absolute Gasteiger partial charge is 0.306 e. The van der Waals surface area contributed by atoms with E-state index in [9.17, 15) is 18.0 Å². The van der Waals surface area contributed by atoms with E-state index < -0.39 is 22.1 Å². The molecular weight excluding hydrogens is 372 g/mol. The molecule has 1 rings (SSSR count). The first-order chi connectivity index (χ1) is 12.8. The van der Waals surface area contributed by atoms with Crippen molar-refractivity contribution < 1.29 is 32.0 Å². The van der Waals surface area contributed by atoms with Crippen LogP contribution >= 0.6 is 0 Å². The highest BCUT2D eigenvalue weighted by Gasteiger charge is 2.14. The van der Waals surface area contributed by atoms with Gasteiger partial charge in [0.25, 0.3) is 10.1 Å². The van der Waals surface area contributed by atoms with E-state index in [-0.39, 0.29) is 24.3 Å². The molecule has 27 heavy (non-hydrogen) atoms. The Morgan fingerprint density at radius 2 is 1.44 bits per heavy atom. The number of rotatable bonds is 14. The van der Waals surface area contributed by atoms with Gasteiger partial charge < -0.3 is 9.84 Å². The Hall–Kier alpha value is -1.93. The zero-order chi connectivity index (χ0) is 20.1. The van der Waals surface area contributed by atoms with Crippen molar-refractivity contribution in [2.45, 2.75) is 63.2 Å². The Balaban J connectivity index is 2.01. The molecule has 0 aliphatic rings. The standard InChI is InChI=1S/C19H28O7S/c1-16-8-10-17(11-9-16)27(23,24)26-15-7-5-3-2-4-6-14-25-19(22)13-12-18(20)21/h8-11H,2-7,12-15H2,1H3,(H,20,21). The summed E-state index contributed by atoms with van der Waals surface area (Å²) in [6.45, 7) is 2.36. The number of aryl methyl sites for hydroxylation is 1. The van der Waals surface area contributed by atoms with Crippen molar-refractivity contribution in [3.63, 3.8) is 0 Å². The topological polar surface area (TPSA) is 107 Å². The lowest BCUT2D eigenvalue weighted by molar-refractivity contribution is -0.147. The molecular formula is C19H28O7S. The van der Waals surface area contributed by atoms with Crippen LogP contribution in [0.1, 0.15) is 56.9 Å². The molecule has 0 aromatic heterocycles. The first-order valence-corrected chi connectivity index (χ1v) is 10.6. The van der Waals surface area contributed by atoms with Crippen LogP contribution in [0.3, 0.4) is 0 Å². The summed E-state index contributed by atoms with van der Waals surface area (Å²) in [5.41, 5.74) is 0.990. The minimum Gasteiger partial charge on any atom is -0.481 e. The molecule has 0 spiro atoms. The fourth-order valence-electron chi connectivity index (χ4n) is 2.32. The minimum absolute atomic E-state index is 0.0964. The molecule has 8 heteroatoms. The van der Waals surface area contributed by atoms with E-state index in [1.54, 1.807) is 24.3 Å². The average molecular weight is 400 g/mol. The second-order valence-corrected chi connectivity index (χ2v) is 7.94. The molecule has 0 amide bonds. The molecule has 0 radical (unpaired) electrons. The van der Waals surface area contributed by atoms with Crippen LogP contribution in [0.4, 0.5) is 0 Å². The second kappa shape index (κ2) is 12.5. The molecule has 1 aromatic carbocycles. The lowest BCUT2D eigenvalue weighted by Crippen LogP contribution is -2.08. The molecule has 152 valence electrons. The lowest BCUT2D eigenvalue weighted by Gasteiger charge is -2.06. The minimum atomic E-state index is -3.69.